The van der Waals surface area contributed by atoms with Crippen molar-refractivity contribution >= 4 is 0 Å². The summed E-state index contributed by atoms with van der Waals surface area (Å²) >= 11 is 0. The second-order valence-corrected chi connectivity index (χ2v) is 11.4. The molecule has 0 spiro atoms. The number of hydrogen-bond donors (Lipinski definition) is 7. The molecule has 7 N–H and O–H groups in total. The molecule has 1 aromatic rings. The largest absolute Gasteiger partial charge is 0.394 e. The van der Waals surface area contributed by atoms with Crippen molar-refractivity contribution in [1.82, 2.24) is 0 Å². The third-order valence-electron chi connectivity index (χ3n) is 8.04. The van der Waals surface area contributed by atoms with Gasteiger partial charge in [-0.15, -0.1) is 0 Å². The highest BCUT2D eigenvalue weighted by Gasteiger charge is 2.50. The number of hydrogen-bond acceptors (Lipinski definition) is 12. The van der Waals surface area contributed by atoms with Gasteiger partial charge in [0.25, 0.3) is 0 Å². The number of ether oxygens (including phenoxy) is 5. The Labute approximate surface area is 254 Å². The van der Waals surface area contributed by atoms with Crippen LogP contribution >= 0.6 is 0 Å². The van der Waals surface area contributed by atoms with Gasteiger partial charge in [0, 0.05) is 13.2 Å². The van der Waals surface area contributed by atoms with Gasteiger partial charge >= 0.3 is 0 Å². The van der Waals surface area contributed by atoms with Crippen molar-refractivity contribution in [3.63, 3.8) is 0 Å². The van der Waals surface area contributed by atoms with Crippen molar-refractivity contribution in [3.05, 3.63) is 35.9 Å². The van der Waals surface area contributed by atoms with Crippen LogP contribution in [0.1, 0.15) is 69.8 Å². The number of aliphatic hydroxyl groups excluding tert-OH is 7. The third kappa shape index (κ3) is 11.6. The van der Waals surface area contributed by atoms with Crippen LogP contribution in [0.5, 0.6) is 0 Å². The Kier molecular flexibility index (Phi) is 16.8. The molecule has 0 saturated carbocycles. The summed E-state index contributed by atoms with van der Waals surface area (Å²) < 4.78 is 27.9. The zero-order valence-electron chi connectivity index (χ0n) is 24.9. The van der Waals surface area contributed by atoms with E-state index < -0.39 is 74.6 Å². The lowest BCUT2D eigenvalue weighted by molar-refractivity contribution is -0.359. The summed E-state index contributed by atoms with van der Waals surface area (Å²) in [5.74, 6) is 0. The highest BCUT2D eigenvalue weighted by atomic mass is 16.7. The Morgan fingerprint density at radius 1 is 0.558 bits per heavy atom. The fourth-order valence-corrected chi connectivity index (χ4v) is 5.38. The van der Waals surface area contributed by atoms with E-state index in [2.05, 4.69) is 12.1 Å². The van der Waals surface area contributed by atoms with E-state index in [1.165, 1.54) is 37.7 Å². The Morgan fingerprint density at radius 3 is 1.70 bits per heavy atom. The maximum Gasteiger partial charge on any atom is 0.187 e. The van der Waals surface area contributed by atoms with E-state index in [-0.39, 0.29) is 0 Å². The molecule has 10 atom stereocenters. The van der Waals surface area contributed by atoms with E-state index in [0.29, 0.717) is 13.2 Å². The number of rotatable bonds is 20. The molecule has 12 heteroatoms. The molecule has 0 aliphatic carbocycles. The second-order valence-electron chi connectivity index (χ2n) is 11.4. The summed E-state index contributed by atoms with van der Waals surface area (Å²) in [7, 11) is 0. The standard InChI is InChI=1S/C31H52O12/c32-18-22-24(34)25(35)27(37)31(41-22)43-29-23(19-33)42-30(28(38)26(29)36)40-17-13-8-6-4-2-1-3-5-7-12-16-39-20-21-14-10-9-11-15-21/h9-11,14-15,22-38H,1-8,12-13,16-20H2/t22-,23-,24-,25+,26-,27-,28-,29-,30-,31-/m1/s1. The Hall–Kier alpha value is -1.26. The van der Waals surface area contributed by atoms with E-state index in [0.717, 1.165) is 38.7 Å². The van der Waals surface area contributed by atoms with E-state index in [1.807, 2.05) is 18.2 Å². The molecule has 2 aliphatic rings. The first kappa shape index (κ1) is 36.2. The van der Waals surface area contributed by atoms with Gasteiger partial charge in [0.15, 0.2) is 12.6 Å². The topological polar surface area (TPSA) is 188 Å². The molecule has 2 saturated heterocycles. The molecule has 1 aromatic carbocycles. The summed E-state index contributed by atoms with van der Waals surface area (Å²) in [4.78, 5) is 0. The fraction of sp³-hybridized carbons (Fsp3) is 0.806. The van der Waals surface area contributed by atoms with Crippen LogP contribution in [0.15, 0.2) is 30.3 Å². The lowest BCUT2D eigenvalue weighted by Crippen LogP contribution is -2.64. The van der Waals surface area contributed by atoms with Crippen LogP contribution < -0.4 is 0 Å². The first-order valence-corrected chi connectivity index (χ1v) is 15.7. The lowest BCUT2D eigenvalue weighted by atomic mass is 9.97. The van der Waals surface area contributed by atoms with Crippen molar-refractivity contribution in [2.24, 2.45) is 0 Å². The quantitative estimate of drug-likeness (QED) is 0.102. The van der Waals surface area contributed by atoms with Gasteiger partial charge < -0.3 is 59.4 Å². The summed E-state index contributed by atoms with van der Waals surface area (Å²) in [6.07, 6.45) is -3.38. The van der Waals surface area contributed by atoms with E-state index in [4.69, 9.17) is 23.7 Å². The number of unbranched alkanes of at least 4 members (excludes halogenated alkanes) is 9. The van der Waals surface area contributed by atoms with Gasteiger partial charge in [-0.1, -0.05) is 81.7 Å². The molecule has 2 fully saturated rings. The van der Waals surface area contributed by atoms with Crippen molar-refractivity contribution in [2.45, 2.75) is 132 Å². The maximum absolute atomic E-state index is 10.7. The van der Waals surface area contributed by atoms with E-state index in [9.17, 15) is 35.7 Å². The van der Waals surface area contributed by atoms with Gasteiger partial charge in [0.05, 0.1) is 19.8 Å². The number of benzene rings is 1. The monoisotopic (exact) mass is 616 g/mol. The van der Waals surface area contributed by atoms with Gasteiger partial charge in [0.1, 0.15) is 48.8 Å². The molecule has 3 rings (SSSR count). The minimum atomic E-state index is -1.70. The molecular weight excluding hydrogens is 564 g/mol. The Balaban J connectivity index is 1.21. The highest BCUT2D eigenvalue weighted by Crippen LogP contribution is 2.29. The normalized spacial score (nSPS) is 33.1. The Bertz CT molecular complexity index is 843. The SMILES string of the molecule is OC[C@H]1O[C@H](O[C@H]2[C@H](O)[C@@H](O)[C@H](OCCCCCCCCCCCCOCc3ccccc3)O[C@@H]2CO)[C@H](O)[C@@H](O)[C@@H]1O. The first-order valence-electron chi connectivity index (χ1n) is 15.7. The van der Waals surface area contributed by atoms with Crippen molar-refractivity contribution in [3.8, 4) is 0 Å². The lowest BCUT2D eigenvalue weighted by Gasteiger charge is -2.45. The van der Waals surface area contributed by atoms with Crippen LogP contribution in [0.4, 0.5) is 0 Å². The molecule has 0 radical (unpaired) electrons. The highest BCUT2D eigenvalue weighted by molar-refractivity contribution is 5.13. The smallest absolute Gasteiger partial charge is 0.187 e. The average Bonchev–Trinajstić information content (AvgIpc) is 3.02. The van der Waals surface area contributed by atoms with E-state index in [1.54, 1.807) is 0 Å². The summed E-state index contributed by atoms with van der Waals surface area (Å²) in [6.45, 7) is 0.541. The van der Waals surface area contributed by atoms with Gasteiger partial charge in [-0.3, -0.25) is 0 Å². The van der Waals surface area contributed by atoms with Gasteiger partial charge in [-0.25, -0.2) is 0 Å². The Morgan fingerprint density at radius 2 is 1.09 bits per heavy atom. The molecule has 43 heavy (non-hydrogen) atoms. The molecule has 0 aromatic heterocycles. The zero-order valence-corrected chi connectivity index (χ0v) is 24.9. The molecule has 2 aliphatic heterocycles. The summed E-state index contributed by atoms with van der Waals surface area (Å²) in [6, 6.07) is 10.2. The van der Waals surface area contributed by atoms with Crippen molar-refractivity contribution < 1.29 is 59.4 Å². The predicted octanol–water partition coefficient (Wildman–Crippen LogP) is 0.745. The molecule has 0 amide bonds. The van der Waals surface area contributed by atoms with Crippen LogP contribution in [0.2, 0.25) is 0 Å². The second kappa shape index (κ2) is 20.0. The van der Waals surface area contributed by atoms with E-state index >= 15 is 0 Å². The molecule has 0 unspecified atom stereocenters. The van der Waals surface area contributed by atoms with Crippen LogP contribution in [0, 0.1) is 0 Å². The van der Waals surface area contributed by atoms with Crippen LogP contribution in [0.25, 0.3) is 0 Å². The van der Waals surface area contributed by atoms with Crippen LogP contribution in [0.3, 0.4) is 0 Å². The van der Waals surface area contributed by atoms with Crippen molar-refractivity contribution in [1.29, 1.82) is 0 Å². The average molecular weight is 617 g/mol. The first-order chi connectivity index (χ1) is 20.9. The molecule has 2 heterocycles. The zero-order chi connectivity index (χ0) is 31.0. The number of aliphatic hydroxyl groups is 7. The molecule has 248 valence electrons. The predicted molar refractivity (Wildman–Crippen MR) is 155 cm³/mol. The van der Waals surface area contributed by atoms with Crippen LogP contribution in [-0.4, -0.2) is 124 Å². The van der Waals surface area contributed by atoms with Gasteiger partial charge in [-0.2, -0.15) is 0 Å². The molecule has 12 nitrogen and oxygen atoms in total. The minimum absolute atomic E-state index is 0.303. The maximum atomic E-state index is 10.7. The summed E-state index contributed by atoms with van der Waals surface area (Å²) in [5, 5.41) is 70.5. The van der Waals surface area contributed by atoms with Gasteiger partial charge in [-0.05, 0) is 18.4 Å². The molecular formula is C31H52O12. The fourth-order valence-electron chi connectivity index (χ4n) is 5.38. The minimum Gasteiger partial charge on any atom is -0.394 e. The third-order valence-corrected chi connectivity index (χ3v) is 8.04. The summed E-state index contributed by atoms with van der Waals surface area (Å²) in [5.41, 5.74) is 1.21. The van der Waals surface area contributed by atoms with Crippen molar-refractivity contribution in [2.75, 3.05) is 26.4 Å². The van der Waals surface area contributed by atoms with Gasteiger partial charge in [0.2, 0.25) is 0 Å². The molecule has 0 bridgehead atoms. The van der Waals surface area contributed by atoms with Crippen LogP contribution in [-0.2, 0) is 30.3 Å².